The predicted octanol–water partition coefficient (Wildman–Crippen LogP) is 2.48. The first kappa shape index (κ1) is 24.1. The number of likely N-dealkylation sites (tertiary alicyclic amines) is 1. The lowest BCUT2D eigenvalue weighted by atomic mass is 9.82. The Balaban J connectivity index is 1.83. The molecule has 1 amide bonds. The van der Waals surface area contributed by atoms with Crippen molar-refractivity contribution in [2.24, 2.45) is 5.92 Å². The number of fused-ring (bicyclic) bond motifs is 1. The standard InChI is InChI=1S/C25H33N3O6/c1-14-7-8-17(29)16(11-14)21-20-22(27-26-21)25(30)28(9-6-10-31-2)23(20)15-12-18(32-3)24(34-5)19(13-15)33-4/h7-8,11-13,20-23,26-27,29H,6,9-10H2,1-5H3. The zero-order valence-electron chi connectivity index (χ0n) is 20.3. The molecule has 2 saturated heterocycles. The first-order valence-corrected chi connectivity index (χ1v) is 11.3. The molecular formula is C25H33N3O6. The third-order valence-corrected chi connectivity index (χ3v) is 6.71. The maximum absolute atomic E-state index is 13.6. The lowest BCUT2D eigenvalue weighted by molar-refractivity contribution is -0.131. The van der Waals surface area contributed by atoms with Crippen LogP contribution in [-0.4, -0.2) is 63.5 Å². The highest BCUT2D eigenvalue weighted by Crippen LogP contribution is 2.51. The molecule has 0 saturated carbocycles. The van der Waals surface area contributed by atoms with E-state index in [0.29, 0.717) is 36.8 Å². The van der Waals surface area contributed by atoms with Crippen LogP contribution in [0.15, 0.2) is 30.3 Å². The molecular weight excluding hydrogens is 438 g/mol. The third kappa shape index (κ3) is 4.15. The van der Waals surface area contributed by atoms with Crippen LogP contribution in [-0.2, 0) is 9.53 Å². The molecule has 3 N–H and O–H groups in total. The van der Waals surface area contributed by atoms with Crippen LogP contribution in [0.1, 0.15) is 35.2 Å². The Morgan fingerprint density at radius 1 is 0.971 bits per heavy atom. The molecule has 2 heterocycles. The van der Waals surface area contributed by atoms with Crippen molar-refractivity contribution < 1.29 is 28.8 Å². The summed E-state index contributed by atoms with van der Waals surface area (Å²) in [5, 5.41) is 10.7. The van der Waals surface area contributed by atoms with Gasteiger partial charge in [0.05, 0.1) is 33.4 Å². The van der Waals surface area contributed by atoms with Crippen LogP contribution >= 0.6 is 0 Å². The van der Waals surface area contributed by atoms with Crippen molar-refractivity contribution >= 4 is 5.91 Å². The fourth-order valence-corrected chi connectivity index (χ4v) is 5.19. The fourth-order valence-electron chi connectivity index (χ4n) is 5.19. The number of methoxy groups -OCH3 is 4. The number of aryl methyl sites for hydroxylation is 1. The quantitative estimate of drug-likeness (QED) is 0.480. The van der Waals surface area contributed by atoms with Gasteiger partial charge in [-0.2, -0.15) is 0 Å². The van der Waals surface area contributed by atoms with E-state index in [1.807, 2.05) is 36.1 Å². The van der Waals surface area contributed by atoms with Gasteiger partial charge in [0.25, 0.3) is 0 Å². The molecule has 0 spiro atoms. The molecule has 9 nitrogen and oxygen atoms in total. The Morgan fingerprint density at radius 3 is 2.26 bits per heavy atom. The van der Waals surface area contributed by atoms with Gasteiger partial charge in [-0.3, -0.25) is 4.79 Å². The number of nitrogens with zero attached hydrogens (tertiary/aromatic N) is 1. The summed E-state index contributed by atoms with van der Waals surface area (Å²) in [5.74, 6) is 1.56. The molecule has 4 unspecified atom stereocenters. The summed E-state index contributed by atoms with van der Waals surface area (Å²) in [4.78, 5) is 15.5. The number of hydrazine groups is 1. The van der Waals surface area contributed by atoms with Gasteiger partial charge in [0.2, 0.25) is 11.7 Å². The fraction of sp³-hybridized carbons (Fsp3) is 0.480. The van der Waals surface area contributed by atoms with Crippen molar-refractivity contribution in [3.8, 4) is 23.0 Å². The van der Waals surface area contributed by atoms with Crippen molar-refractivity contribution in [1.82, 2.24) is 15.8 Å². The molecule has 4 atom stereocenters. The van der Waals surface area contributed by atoms with E-state index in [9.17, 15) is 9.90 Å². The summed E-state index contributed by atoms with van der Waals surface area (Å²) in [6.45, 7) is 3.07. The molecule has 9 heteroatoms. The van der Waals surface area contributed by atoms with Crippen molar-refractivity contribution in [1.29, 1.82) is 0 Å². The Labute approximate surface area is 199 Å². The summed E-state index contributed by atoms with van der Waals surface area (Å²) in [5.41, 5.74) is 9.12. The maximum Gasteiger partial charge on any atom is 0.242 e. The van der Waals surface area contributed by atoms with Gasteiger partial charge in [0.1, 0.15) is 11.8 Å². The Hall–Kier alpha value is -3.01. The number of aromatic hydroxyl groups is 1. The first-order valence-electron chi connectivity index (χ1n) is 11.3. The molecule has 0 bridgehead atoms. The number of phenols is 1. The Morgan fingerprint density at radius 2 is 1.65 bits per heavy atom. The number of hydrogen-bond acceptors (Lipinski definition) is 8. The average molecular weight is 472 g/mol. The number of benzene rings is 2. The van der Waals surface area contributed by atoms with E-state index in [4.69, 9.17) is 18.9 Å². The smallest absolute Gasteiger partial charge is 0.242 e. The van der Waals surface area contributed by atoms with Gasteiger partial charge in [-0.05, 0) is 37.1 Å². The van der Waals surface area contributed by atoms with Crippen molar-refractivity contribution in [3.63, 3.8) is 0 Å². The zero-order chi connectivity index (χ0) is 24.4. The highest BCUT2D eigenvalue weighted by molar-refractivity contribution is 5.86. The topological polar surface area (TPSA) is 102 Å². The molecule has 2 aliphatic heterocycles. The highest BCUT2D eigenvalue weighted by Gasteiger charge is 2.55. The van der Waals surface area contributed by atoms with Crippen molar-refractivity contribution in [2.45, 2.75) is 31.5 Å². The SMILES string of the molecule is COCCCN1C(=O)C2NNC(c3cc(C)ccc3O)C2C1c1cc(OC)c(OC)c(OC)c1. The molecule has 2 fully saturated rings. The second-order valence-corrected chi connectivity index (χ2v) is 8.67. The molecule has 2 aromatic carbocycles. The summed E-state index contributed by atoms with van der Waals surface area (Å²) in [6, 6.07) is 8.29. The second kappa shape index (κ2) is 10.1. The first-order chi connectivity index (χ1) is 16.4. The number of carbonyl (C=O) groups is 1. The predicted molar refractivity (Wildman–Crippen MR) is 126 cm³/mol. The number of nitrogens with one attached hydrogen (secondary N) is 2. The molecule has 0 radical (unpaired) electrons. The van der Waals surface area contributed by atoms with E-state index in [-0.39, 0.29) is 29.7 Å². The van der Waals surface area contributed by atoms with Crippen molar-refractivity contribution in [2.75, 3.05) is 41.6 Å². The molecule has 184 valence electrons. The van der Waals surface area contributed by atoms with Gasteiger partial charge in [0, 0.05) is 31.7 Å². The summed E-state index contributed by atoms with van der Waals surface area (Å²) in [7, 11) is 6.37. The Bertz CT molecular complexity index is 1020. The monoisotopic (exact) mass is 471 g/mol. The van der Waals surface area contributed by atoms with E-state index in [1.54, 1.807) is 34.5 Å². The number of ether oxygens (including phenoxy) is 4. The summed E-state index contributed by atoms with van der Waals surface area (Å²) < 4.78 is 21.9. The minimum Gasteiger partial charge on any atom is -0.508 e. The zero-order valence-corrected chi connectivity index (χ0v) is 20.3. The Kier molecular flexibility index (Phi) is 7.16. The lowest BCUT2D eigenvalue weighted by Gasteiger charge is -2.32. The van der Waals surface area contributed by atoms with Crippen LogP contribution in [0, 0.1) is 12.8 Å². The van der Waals surface area contributed by atoms with Crippen LogP contribution in [0.3, 0.4) is 0 Å². The van der Waals surface area contributed by atoms with Crippen LogP contribution in [0.4, 0.5) is 0 Å². The normalized spacial score (nSPS) is 23.8. The minimum atomic E-state index is -0.448. The average Bonchev–Trinajstić information content (AvgIpc) is 3.38. The van der Waals surface area contributed by atoms with Gasteiger partial charge in [-0.25, -0.2) is 10.9 Å². The third-order valence-electron chi connectivity index (χ3n) is 6.71. The van der Waals surface area contributed by atoms with E-state index in [0.717, 1.165) is 16.7 Å². The largest absolute Gasteiger partial charge is 0.508 e. The highest BCUT2D eigenvalue weighted by atomic mass is 16.5. The molecule has 34 heavy (non-hydrogen) atoms. The number of carbonyl (C=O) groups excluding carboxylic acids is 1. The van der Waals surface area contributed by atoms with E-state index >= 15 is 0 Å². The minimum absolute atomic E-state index is 0.00185. The van der Waals surface area contributed by atoms with Crippen LogP contribution in [0.2, 0.25) is 0 Å². The van der Waals surface area contributed by atoms with Gasteiger partial charge in [-0.15, -0.1) is 0 Å². The molecule has 2 aromatic rings. The number of amides is 1. The van der Waals surface area contributed by atoms with E-state index < -0.39 is 6.04 Å². The van der Waals surface area contributed by atoms with Crippen molar-refractivity contribution in [3.05, 3.63) is 47.0 Å². The number of rotatable bonds is 9. The summed E-state index contributed by atoms with van der Waals surface area (Å²) >= 11 is 0. The van der Waals surface area contributed by atoms with Gasteiger partial charge in [0.15, 0.2) is 11.5 Å². The van der Waals surface area contributed by atoms with Gasteiger partial charge < -0.3 is 29.0 Å². The second-order valence-electron chi connectivity index (χ2n) is 8.67. The number of hydrogen-bond donors (Lipinski definition) is 3. The molecule has 0 aromatic heterocycles. The summed E-state index contributed by atoms with van der Waals surface area (Å²) in [6.07, 6.45) is 0.705. The van der Waals surface area contributed by atoms with Crippen LogP contribution in [0.25, 0.3) is 0 Å². The van der Waals surface area contributed by atoms with E-state index in [1.165, 1.54) is 0 Å². The maximum atomic E-state index is 13.6. The van der Waals surface area contributed by atoms with Gasteiger partial charge in [-0.1, -0.05) is 17.7 Å². The van der Waals surface area contributed by atoms with Gasteiger partial charge >= 0.3 is 0 Å². The van der Waals surface area contributed by atoms with E-state index in [2.05, 4.69) is 10.9 Å². The number of phenolic OH excluding ortho intramolecular Hbond substituents is 1. The van der Waals surface area contributed by atoms with Crippen LogP contribution < -0.4 is 25.1 Å². The molecule has 0 aliphatic carbocycles. The lowest BCUT2D eigenvalue weighted by Crippen LogP contribution is -2.41. The molecule has 4 rings (SSSR count). The van der Waals surface area contributed by atoms with Crippen LogP contribution in [0.5, 0.6) is 23.0 Å². The molecule has 2 aliphatic rings.